The molecule has 0 radical (unpaired) electrons. The number of carboxylic acid groups (broad SMARTS) is 1. The largest absolute Gasteiger partial charge is 0.504 e. The number of aliphatic carboxylic acids is 1. The van der Waals surface area contributed by atoms with Crippen molar-refractivity contribution < 1.29 is 19.7 Å². The van der Waals surface area contributed by atoms with Gasteiger partial charge >= 0.3 is 5.97 Å². The summed E-state index contributed by atoms with van der Waals surface area (Å²) in [6.45, 7) is 1.43. The first-order chi connectivity index (χ1) is 7.51. The van der Waals surface area contributed by atoms with Gasteiger partial charge in [-0.05, 0) is 13.0 Å². The van der Waals surface area contributed by atoms with Crippen LogP contribution in [0, 0.1) is 11.3 Å². The van der Waals surface area contributed by atoms with Crippen molar-refractivity contribution in [2.24, 2.45) is 0 Å². The van der Waals surface area contributed by atoms with Gasteiger partial charge in [-0.25, -0.2) is 0 Å². The zero-order valence-corrected chi connectivity index (χ0v) is 8.89. The predicted octanol–water partition coefficient (Wildman–Crippen LogP) is 1.46. The molecule has 0 aliphatic carbocycles. The number of carbonyl (C=O) groups is 1. The number of rotatable bonds is 3. The SMILES string of the molecule is COc1cc(C#N)cc(C(C)C(=O)O)c1O. The van der Waals surface area contributed by atoms with E-state index >= 15 is 0 Å². The van der Waals surface area contributed by atoms with Gasteiger partial charge in [0.1, 0.15) is 0 Å². The van der Waals surface area contributed by atoms with Gasteiger partial charge in [0.2, 0.25) is 0 Å². The predicted molar refractivity (Wildman–Crippen MR) is 55.4 cm³/mol. The van der Waals surface area contributed by atoms with Crippen molar-refractivity contribution in [1.82, 2.24) is 0 Å². The van der Waals surface area contributed by atoms with E-state index in [9.17, 15) is 9.90 Å². The summed E-state index contributed by atoms with van der Waals surface area (Å²) < 4.78 is 4.86. The summed E-state index contributed by atoms with van der Waals surface area (Å²) in [5.41, 5.74) is 0.418. The maximum atomic E-state index is 10.8. The number of aromatic hydroxyl groups is 1. The molecule has 0 spiro atoms. The van der Waals surface area contributed by atoms with E-state index in [4.69, 9.17) is 15.1 Å². The molecule has 0 amide bonds. The fraction of sp³-hybridized carbons (Fsp3) is 0.273. The van der Waals surface area contributed by atoms with Crippen LogP contribution < -0.4 is 4.74 Å². The molecule has 0 saturated heterocycles. The summed E-state index contributed by atoms with van der Waals surface area (Å²) in [6.07, 6.45) is 0. The summed E-state index contributed by atoms with van der Waals surface area (Å²) in [5.74, 6) is -2.12. The number of ether oxygens (including phenoxy) is 1. The Morgan fingerprint density at radius 1 is 1.56 bits per heavy atom. The minimum atomic E-state index is -1.08. The topological polar surface area (TPSA) is 90.5 Å². The molecule has 1 aromatic rings. The zero-order chi connectivity index (χ0) is 12.3. The molecule has 2 N–H and O–H groups in total. The van der Waals surface area contributed by atoms with Gasteiger partial charge in [0, 0.05) is 11.6 Å². The Bertz CT molecular complexity index is 462. The van der Waals surface area contributed by atoms with Crippen molar-refractivity contribution in [2.75, 3.05) is 7.11 Å². The smallest absolute Gasteiger partial charge is 0.310 e. The van der Waals surface area contributed by atoms with E-state index in [0.717, 1.165) is 0 Å². The van der Waals surface area contributed by atoms with Crippen molar-refractivity contribution in [3.63, 3.8) is 0 Å². The van der Waals surface area contributed by atoms with E-state index in [1.54, 1.807) is 0 Å². The summed E-state index contributed by atoms with van der Waals surface area (Å²) >= 11 is 0. The molecule has 0 bridgehead atoms. The highest BCUT2D eigenvalue weighted by atomic mass is 16.5. The van der Waals surface area contributed by atoms with Crippen LogP contribution >= 0.6 is 0 Å². The van der Waals surface area contributed by atoms with E-state index in [-0.39, 0.29) is 22.6 Å². The van der Waals surface area contributed by atoms with Crippen molar-refractivity contribution in [2.45, 2.75) is 12.8 Å². The Kier molecular flexibility index (Phi) is 3.36. The highest BCUT2D eigenvalue weighted by Gasteiger charge is 2.21. The van der Waals surface area contributed by atoms with Gasteiger partial charge in [0.15, 0.2) is 11.5 Å². The standard InChI is InChI=1S/C11H11NO4/c1-6(11(14)15)8-3-7(5-12)4-9(16-2)10(8)13/h3-4,6,13H,1-2H3,(H,14,15). The molecule has 16 heavy (non-hydrogen) atoms. The average Bonchev–Trinajstić information content (AvgIpc) is 2.28. The number of nitriles is 1. The Labute approximate surface area is 92.5 Å². The van der Waals surface area contributed by atoms with Crippen molar-refractivity contribution in [1.29, 1.82) is 5.26 Å². The minimum Gasteiger partial charge on any atom is -0.504 e. The summed E-state index contributed by atoms with van der Waals surface area (Å²) in [5, 5.41) is 27.3. The Morgan fingerprint density at radius 3 is 2.62 bits per heavy atom. The number of hydrogen-bond donors (Lipinski definition) is 2. The first kappa shape index (κ1) is 11.9. The second-order valence-electron chi connectivity index (χ2n) is 3.29. The van der Waals surface area contributed by atoms with Gasteiger partial charge in [0.05, 0.1) is 24.7 Å². The number of methoxy groups -OCH3 is 1. The molecular formula is C11H11NO4. The van der Waals surface area contributed by atoms with Gasteiger partial charge in [-0.3, -0.25) is 4.79 Å². The molecule has 5 heteroatoms. The van der Waals surface area contributed by atoms with Crippen LogP contribution in [0.1, 0.15) is 24.0 Å². The molecular weight excluding hydrogens is 210 g/mol. The molecule has 0 aliphatic heterocycles. The Morgan fingerprint density at radius 2 is 2.19 bits per heavy atom. The van der Waals surface area contributed by atoms with Crippen LogP contribution in [0.4, 0.5) is 0 Å². The fourth-order valence-electron chi connectivity index (χ4n) is 1.31. The van der Waals surface area contributed by atoms with Crippen molar-refractivity contribution >= 4 is 5.97 Å². The Balaban J connectivity index is 3.38. The summed E-state index contributed by atoms with van der Waals surface area (Å²) in [4.78, 5) is 10.8. The first-order valence-corrected chi connectivity index (χ1v) is 4.55. The molecule has 0 aliphatic rings. The van der Waals surface area contributed by atoms with Crippen LogP contribution in [-0.2, 0) is 4.79 Å². The van der Waals surface area contributed by atoms with Crippen LogP contribution in [0.2, 0.25) is 0 Å². The van der Waals surface area contributed by atoms with Gasteiger partial charge in [-0.1, -0.05) is 0 Å². The average molecular weight is 221 g/mol. The molecule has 0 fully saturated rings. The van der Waals surface area contributed by atoms with Crippen molar-refractivity contribution in [3.8, 4) is 17.6 Å². The number of carboxylic acids is 1. The third kappa shape index (κ3) is 2.06. The van der Waals surface area contributed by atoms with Gasteiger partial charge < -0.3 is 14.9 Å². The second-order valence-corrected chi connectivity index (χ2v) is 3.29. The molecule has 0 aromatic heterocycles. The third-order valence-corrected chi connectivity index (χ3v) is 2.29. The zero-order valence-electron chi connectivity index (χ0n) is 8.89. The lowest BCUT2D eigenvalue weighted by atomic mass is 9.97. The normalized spacial score (nSPS) is 11.6. The molecule has 0 heterocycles. The van der Waals surface area contributed by atoms with Crippen LogP contribution in [-0.4, -0.2) is 23.3 Å². The first-order valence-electron chi connectivity index (χ1n) is 4.55. The maximum Gasteiger partial charge on any atom is 0.310 e. The molecule has 1 rings (SSSR count). The number of hydrogen-bond acceptors (Lipinski definition) is 4. The van der Waals surface area contributed by atoms with Crippen LogP contribution in [0.25, 0.3) is 0 Å². The maximum absolute atomic E-state index is 10.8. The lowest BCUT2D eigenvalue weighted by Gasteiger charge is -2.12. The lowest BCUT2D eigenvalue weighted by molar-refractivity contribution is -0.138. The molecule has 1 aromatic carbocycles. The number of phenols is 1. The fourth-order valence-corrected chi connectivity index (χ4v) is 1.31. The quantitative estimate of drug-likeness (QED) is 0.806. The highest BCUT2D eigenvalue weighted by molar-refractivity contribution is 5.77. The molecule has 1 unspecified atom stereocenters. The van der Waals surface area contributed by atoms with Crippen LogP contribution in [0.3, 0.4) is 0 Å². The van der Waals surface area contributed by atoms with Crippen molar-refractivity contribution in [3.05, 3.63) is 23.3 Å². The van der Waals surface area contributed by atoms with Crippen LogP contribution in [0.5, 0.6) is 11.5 Å². The number of benzene rings is 1. The monoisotopic (exact) mass is 221 g/mol. The van der Waals surface area contributed by atoms with Crippen LogP contribution in [0.15, 0.2) is 12.1 Å². The molecule has 84 valence electrons. The van der Waals surface area contributed by atoms with Gasteiger partial charge in [0.25, 0.3) is 0 Å². The summed E-state index contributed by atoms with van der Waals surface area (Å²) in [7, 11) is 1.34. The van der Waals surface area contributed by atoms with Gasteiger partial charge in [-0.15, -0.1) is 0 Å². The number of nitrogens with zero attached hydrogens (tertiary/aromatic N) is 1. The van der Waals surface area contributed by atoms with Gasteiger partial charge in [-0.2, -0.15) is 5.26 Å². The minimum absolute atomic E-state index is 0.0992. The van der Waals surface area contributed by atoms with E-state index in [1.165, 1.54) is 26.2 Å². The lowest BCUT2D eigenvalue weighted by Crippen LogP contribution is -2.08. The molecule has 5 nitrogen and oxygen atoms in total. The molecule has 0 saturated carbocycles. The second kappa shape index (κ2) is 4.53. The van der Waals surface area contributed by atoms with E-state index in [2.05, 4.69) is 0 Å². The van der Waals surface area contributed by atoms with E-state index in [1.807, 2.05) is 6.07 Å². The molecule has 1 atom stereocenters. The van der Waals surface area contributed by atoms with E-state index in [0.29, 0.717) is 0 Å². The summed E-state index contributed by atoms with van der Waals surface area (Å²) in [6, 6.07) is 4.58. The third-order valence-electron chi connectivity index (χ3n) is 2.29. The number of phenolic OH excluding ortho intramolecular Hbond substituents is 1. The highest BCUT2D eigenvalue weighted by Crippen LogP contribution is 2.35. The Hall–Kier alpha value is -2.22. The van der Waals surface area contributed by atoms with E-state index < -0.39 is 11.9 Å².